The van der Waals surface area contributed by atoms with Gasteiger partial charge in [-0.15, -0.1) is 0 Å². The Morgan fingerprint density at radius 2 is 2.14 bits per heavy atom. The minimum atomic E-state index is -0.0904. The number of hydrogen-bond acceptors (Lipinski definition) is 4. The van der Waals surface area contributed by atoms with E-state index in [-0.39, 0.29) is 11.6 Å². The van der Waals surface area contributed by atoms with Gasteiger partial charge in [-0.3, -0.25) is 9.69 Å². The predicted octanol–water partition coefficient (Wildman–Crippen LogP) is 1.99. The molecule has 1 atom stereocenters. The lowest BCUT2D eigenvalue weighted by Gasteiger charge is -2.23. The number of nitrogens with zero attached hydrogens (tertiary/aromatic N) is 2. The Morgan fingerprint density at radius 1 is 1.29 bits per heavy atom. The first-order chi connectivity index (χ1) is 10.3. The molecule has 110 valence electrons. The quantitative estimate of drug-likeness (QED) is 0.912. The number of aromatic nitrogens is 2. The maximum atomic E-state index is 11.4. The summed E-state index contributed by atoms with van der Waals surface area (Å²) in [5.74, 6) is 1.65. The smallest absolute Gasteiger partial charge is 0.250 e. The number of rotatable bonds is 5. The molecule has 0 spiro atoms. The summed E-state index contributed by atoms with van der Waals surface area (Å²) in [4.78, 5) is 20.9. The SMILES string of the molecule is O=c1ccnc(C2CCCN2CCOc2ccccc2)[nH]1. The van der Waals surface area contributed by atoms with Gasteiger partial charge in [0.05, 0.1) is 6.04 Å². The zero-order valence-corrected chi connectivity index (χ0v) is 11.9. The largest absolute Gasteiger partial charge is 0.492 e. The molecular weight excluding hydrogens is 266 g/mol. The van der Waals surface area contributed by atoms with Crippen LogP contribution in [0.15, 0.2) is 47.4 Å². The molecule has 3 rings (SSSR count). The van der Waals surface area contributed by atoms with Gasteiger partial charge in [0.25, 0.3) is 5.56 Å². The van der Waals surface area contributed by atoms with Crippen molar-refractivity contribution in [3.8, 4) is 5.75 Å². The molecule has 5 heteroatoms. The average molecular weight is 285 g/mol. The minimum absolute atomic E-state index is 0.0904. The number of hydrogen-bond donors (Lipinski definition) is 1. The number of para-hydroxylation sites is 1. The molecule has 1 aliphatic heterocycles. The Morgan fingerprint density at radius 3 is 2.95 bits per heavy atom. The molecular formula is C16H19N3O2. The van der Waals surface area contributed by atoms with Crippen molar-refractivity contribution < 1.29 is 4.74 Å². The van der Waals surface area contributed by atoms with Crippen LogP contribution in [0.4, 0.5) is 0 Å². The van der Waals surface area contributed by atoms with E-state index in [1.54, 1.807) is 6.20 Å². The summed E-state index contributed by atoms with van der Waals surface area (Å²) >= 11 is 0. The van der Waals surface area contributed by atoms with Gasteiger partial charge in [-0.1, -0.05) is 18.2 Å². The standard InChI is InChI=1S/C16H19N3O2/c20-15-8-9-17-16(18-15)14-7-4-10-19(14)11-12-21-13-5-2-1-3-6-13/h1-3,5-6,8-9,14H,4,7,10-12H2,(H,17,18,20). The summed E-state index contributed by atoms with van der Waals surface area (Å²) in [6.07, 6.45) is 3.72. The topological polar surface area (TPSA) is 58.2 Å². The highest BCUT2D eigenvalue weighted by molar-refractivity contribution is 5.20. The van der Waals surface area contributed by atoms with Crippen molar-refractivity contribution in [3.63, 3.8) is 0 Å². The van der Waals surface area contributed by atoms with Gasteiger partial charge >= 0.3 is 0 Å². The number of H-pyrrole nitrogens is 1. The highest BCUT2D eigenvalue weighted by atomic mass is 16.5. The molecule has 1 N–H and O–H groups in total. The molecule has 1 aliphatic rings. The molecule has 0 aliphatic carbocycles. The van der Waals surface area contributed by atoms with Crippen molar-refractivity contribution >= 4 is 0 Å². The fourth-order valence-electron chi connectivity index (χ4n) is 2.76. The zero-order chi connectivity index (χ0) is 14.5. The third kappa shape index (κ3) is 3.49. The Hall–Kier alpha value is -2.14. The van der Waals surface area contributed by atoms with E-state index in [2.05, 4.69) is 14.9 Å². The first kappa shape index (κ1) is 13.8. The molecule has 2 aromatic rings. The maximum Gasteiger partial charge on any atom is 0.250 e. The Labute approximate surface area is 123 Å². The highest BCUT2D eigenvalue weighted by Crippen LogP contribution is 2.28. The number of aromatic amines is 1. The molecule has 0 saturated carbocycles. The van der Waals surface area contributed by atoms with Crippen LogP contribution in [0.25, 0.3) is 0 Å². The zero-order valence-electron chi connectivity index (χ0n) is 11.9. The Balaban J connectivity index is 1.58. The van der Waals surface area contributed by atoms with Crippen molar-refractivity contribution in [1.82, 2.24) is 14.9 Å². The second kappa shape index (κ2) is 6.54. The summed E-state index contributed by atoms with van der Waals surface area (Å²) in [6, 6.07) is 11.5. The minimum Gasteiger partial charge on any atom is -0.492 e. The molecule has 2 heterocycles. The van der Waals surface area contributed by atoms with Crippen molar-refractivity contribution in [2.45, 2.75) is 18.9 Å². The summed E-state index contributed by atoms with van der Waals surface area (Å²) in [7, 11) is 0. The summed E-state index contributed by atoms with van der Waals surface area (Å²) in [5.41, 5.74) is -0.0904. The summed E-state index contributed by atoms with van der Waals surface area (Å²) < 4.78 is 5.74. The molecule has 1 aromatic heterocycles. The van der Waals surface area contributed by atoms with Crippen LogP contribution in [-0.4, -0.2) is 34.6 Å². The van der Waals surface area contributed by atoms with Crippen LogP contribution in [0.1, 0.15) is 24.7 Å². The Kier molecular flexibility index (Phi) is 4.31. The van der Waals surface area contributed by atoms with E-state index in [4.69, 9.17) is 4.74 Å². The van der Waals surface area contributed by atoms with Crippen LogP contribution < -0.4 is 10.3 Å². The van der Waals surface area contributed by atoms with Gasteiger partial charge < -0.3 is 9.72 Å². The van der Waals surface area contributed by atoms with Crippen LogP contribution in [0.2, 0.25) is 0 Å². The van der Waals surface area contributed by atoms with Crippen LogP contribution in [0.3, 0.4) is 0 Å². The molecule has 1 unspecified atom stereocenters. The van der Waals surface area contributed by atoms with Crippen molar-refractivity contribution in [3.05, 3.63) is 58.8 Å². The summed E-state index contributed by atoms with van der Waals surface area (Å²) in [5, 5.41) is 0. The highest BCUT2D eigenvalue weighted by Gasteiger charge is 2.27. The molecule has 1 saturated heterocycles. The lowest BCUT2D eigenvalue weighted by molar-refractivity contribution is 0.193. The molecule has 1 fully saturated rings. The van der Waals surface area contributed by atoms with Crippen molar-refractivity contribution in [2.24, 2.45) is 0 Å². The molecule has 21 heavy (non-hydrogen) atoms. The number of ether oxygens (including phenoxy) is 1. The van der Waals surface area contributed by atoms with Gasteiger partial charge in [0.1, 0.15) is 18.2 Å². The predicted molar refractivity (Wildman–Crippen MR) is 80.3 cm³/mol. The molecule has 1 aromatic carbocycles. The van der Waals surface area contributed by atoms with Crippen LogP contribution >= 0.6 is 0 Å². The van der Waals surface area contributed by atoms with Crippen LogP contribution in [0.5, 0.6) is 5.75 Å². The number of nitrogens with one attached hydrogen (secondary N) is 1. The van der Waals surface area contributed by atoms with E-state index in [0.29, 0.717) is 6.61 Å². The second-order valence-corrected chi connectivity index (χ2v) is 5.17. The van der Waals surface area contributed by atoms with E-state index in [1.165, 1.54) is 6.07 Å². The number of benzene rings is 1. The lowest BCUT2D eigenvalue weighted by atomic mass is 10.2. The first-order valence-corrected chi connectivity index (χ1v) is 7.30. The average Bonchev–Trinajstić information content (AvgIpc) is 2.97. The van der Waals surface area contributed by atoms with Gasteiger partial charge in [0.15, 0.2) is 0 Å². The van der Waals surface area contributed by atoms with E-state index in [0.717, 1.165) is 37.5 Å². The third-order valence-electron chi connectivity index (χ3n) is 3.76. The fourth-order valence-corrected chi connectivity index (χ4v) is 2.76. The normalized spacial score (nSPS) is 18.8. The second-order valence-electron chi connectivity index (χ2n) is 5.17. The Bertz CT molecular complexity index is 627. The van der Waals surface area contributed by atoms with E-state index >= 15 is 0 Å². The van der Waals surface area contributed by atoms with Crippen molar-refractivity contribution in [1.29, 1.82) is 0 Å². The maximum absolute atomic E-state index is 11.4. The molecule has 0 bridgehead atoms. The summed E-state index contributed by atoms with van der Waals surface area (Å²) in [6.45, 7) is 2.48. The van der Waals surface area contributed by atoms with Gasteiger partial charge in [-0.05, 0) is 31.5 Å². The third-order valence-corrected chi connectivity index (χ3v) is 3.76. The molecule has 5 nitrogen and oxygen atoms in total. The van der Waals surface area contributed by atoms with E-state index < -0.39 is 0 Å². The molecule has 0 amide bonds. The van der Waals surface area contributed by atoms with Gasteiger partial charge in [0.2, 0.25) is 0 Å². The fraction of sp³-hybridized carbons (Fsp3) is 0.375. The van der Waals surface area contributed by atoms with Crippen molar-refractivity contribution in [2.75, 3.05) is 19.7 Å². The van der Waals surface area contributed by atoms with Crippen LogP contribution in [0, 0.1) is 0 Å². The molecule has 0 radical (unpaired) electrons. The van der Waals surface area contributed by atoms with E-state index in [9.17, 15) is 4.79 Å². The number of likely N-dealkylation sites (tertiary alicyclic amines) is 1. The van der Waals surface area contributed by atoms with Gasteiger partial charge in [-0.25, -0.2) is 4.98 Å². The van der Waals surface area contributed by atoms with Gasteiger partial charge in [-0.2, -0.15) is 0 Å². The van der Waals surface area contributed by atoms with Gasteiger partial charge in [0, 0.05) is 18.8 Å². The lowest BCUT2D eigenvalue weighted by Crippen LogP contribution is -2.30. The first-order valence-electron chi connectivity index (χ1n) is 7.30. The van der Waals surface area contributed by atoms with Crippen LogP contribution in [-0.2, 0) is 0 Å². The monoisotopic (exact) mass is 285 g/mol. The van der Waals surface area contributed by atoms with E-state index in [1.807, 2.05) is 30.3 Å².